The molecular formula is C13H19NO3. The fourth-order valence-corrected chi connectivity index (χ4v) is 1.56. The van der Waals surface area contributed by atoms with Crippen molar-refractivity contribution in [1.29, 1.82) is 0 Å². The summed E-state index contributed by atoms with van der Waals surface area (Å²) in [5.41, 5.74) is 1.06. The summed E-state index contributed by atoms with van der Waals surface area (Å²) in [6, 6.07) is 9.03. The average Bonchev–Trinajstić information content (AvgIpc) is 2.39. The van der Waals surface area contributed by atoms with Crippen LogP contribution in [0.25, 0.3) is 0 Å². The van der Waals surface area contributed by atoms with Gasteiger partial charge in [0.15, 0.2) is 0 Å². The van der Waals surface area contributed by atoms with Crippen molar-refractivity contribution in [3.63, 3.8) is 0 Å². The third kappa shape index (κ3) is 4.17. The molecule has 0 radical (unpaired) electrons. The van der Waals surface area contributed by atoms with Crippen molar-refractivity contribution in [3.8, 4) is 0 Å². The second-order valence-electron chi connectivity index (χ2n) is 3.84. The van der Waals surface area contributed by atoms with Gasteiger partial charge in [0.05, 0.1) is 13.2 Å². The van der Waals surface area contributed by atoms with Gasteiger partial charge in [0, 0.05) is 6.54 Å². The average molecular weight is 237 g/mol. The second kappa shape index (κ2) is 7.04. The maximum absolute atomic E-state index is 11.5. The molecule has 0 aliphatic carbocycles. The van der Waals surface area contributed by atoms with Gasteiger partial charge in [-0.25, -0.2) is 0 Å². The number of nitrogens with one attached hydrogen (secondary N) is 1. The van der Waals surface area contributed by atoms with Crippen LogP contribution in [0.2, 0.25) is 0 Å². The molecule has 0 heterocycles. The molecule has 0 amide bonds. The maximum Gasteiger partial charge on any atom is 0.325 e. The summed E-state index contributed by atoms with van der Waals surface area (Å²) in [5, 5.41) is 12.7. The Kier molecular flexibility index (Phi) is 5.66. The largest absolute Gasteiger partial charge is 0.468 e. The van der Waals surface area contributed by atoms with Crippen LogP contribution in [0, 0.1) is 0 Å². The number of rotatable bonds is 6. The Bertz CT molecular complexity index is 340. The molecule has 0 saturated carbocycles. The Morgan fingerprint density at radius 2 is 2.06 bits per heavy atom. The number of benzene rings is 1. The minimum Gasteiger partial charge on any atom is -0.468 e. The van der Waals surface area contributed by atoms with E-state index in [0.717, 1.165) is 5.56 Å². The highest BCUT2D eigenvalue weighted by Gasteiger charge is 2.25. The topological polar surface area (TPSA) is 58.6 Å². The van der Waals surface area contributed by atoms with Crippen LogP contribution < -0.4 is 5.32 Å². The Morgan fingerprint density at radius 1 is 1.41 bits per heavy atom. The molecule has 2 atom stereocenters. The molecule has 0 spiro atoms. The first-order valence-corrected chi connectivity index (χ1v) is 5.72. The molecule has 1 aromatic carbocycles. The summed E-state index contributed by atoms with van der Waals surface area (Å²) in [6.07, 6.45) is -0.229. The number of hydrogen-bond donors (Lipinski definition) is 2. The highest BCUT2D eigenvalue weighted by Crippen LogP contribution is 2.04. The number of aliphatic hydroxyl groups is 1. The van der Waals surface area contributed by atoms with Gasteiger partial charge < -0.3 is 9.84 Å². The van der Waals surface area contributed by atoms with E-state index in [9.17, 15) is 9.90 Å². The zero-order valence-corrected chi connectivity index (χ0v) is 10.2. The number of aliphatic hydroxyl groups excluding tert-OH is 1. The molecule has 1 rings (SSSR count). The SMILES string of the molecule is CCC(O)C(NCc1ccccc1)C(=O)OC. The van der Waals surface area contributed by atoms with Crippen molar-refractivity contribution in [2.45, 2.75) is 32.0 Å². The van der Waals surface area contributed by atoms with E-state index >= 15 is 0 Å². The van der Waals surface area contributed by atoms with Crippen LogP contribution in [0.15, 0.2) is 30.3 Å². The van der Waals surface area contributed by atoms with Crippen molar-refractivity contribution in [1.82, 2.24) is 5.32 Å². The smallest absolute Gasteiger partial charge is 0.325 e. The molecule has 0 aliphatic rings. The molecule has 0 bridgehead atoms. The third-order valence-electron chi connectivity index (χ3n) is 2.63. The molecule has 17 heavy (non-hydrogen) atoms. The predicted octanol–water partition coefficient (Wildman–Crippen LogP) is 1.09. The van der Waals surface area contributed by atoms with E-state index < -0.39 is 18.1 Å². The molecule has 0 aromatic heterocycles. The summed E-state index contributed by atoms with van der Waals surface area (Å²) in [6.45, 7) is 2.35. The zero-order valence-electron chi connectivity index (χ0n) is 10.2. The van der Waals surface area contributed by atoms with Gasteiger partial charge in [-0.05, 0) is 12.0 Å². The lowest BCUT2D eigenvalue weighted by molar-refractivity contribution is -0.146. The van der Waals surface area contributed by atoms with Gasteiger partial charge in [0.2, 0.25) is 0 Å². The fraction of sp³-hybridized carbons (Fsp3) is 0.462. The lowest BCUT2D eigenvalue weighted by atomic mass is 10.1. The minimum absolute atomic E-state index is 0.435. The first kappa shape index (κ1) is 13.7. The minimum atomic E-state index is -0.730. The van der Waals surface area contributed by atoms with Gasteiger partial charge in [-0.2, -0.15) is 0 Å². The van der Waals surface area contributed by atoms with Crippen molar-refractivity contribution in [2.75, 3.05) is 7.11 Å². The summed E-state index contributed by atoms with van der Waals surface area (Å²) < 4.78 is 4.66. The molecule has 2 unspecified atom stereocenters. The third-order valence-corrected chi connectivity index (χ3v) is 2.63. The van der Waals surface area contributed by atoms with Gasteiger partial charge in [0.1, 0.15) is 6.04 Å². The number of hydrogen-bond acceptors (Lipinski definition) is 4. The summed E-state index contributed by atoms with van der Waals surface area (Å²) >= 11 is 0. The first-order valence-electron chi connectivity index (χ1n) is 5.72. The maximum atomic E-state index is 11.5. The summed E-state index contributed by atoms with van der Waals surface area (Å²) in [7, 11) is 1.32. The second-order valence-corrected chi connectivity index (χ2v) is 3.84. The van der Waals surface area contributed by atoms with Gasteiger partial charge in [0.25, 0.3) is 0 Å². The monoisotopic (exact) mass is 237 g/mol. The van der Waals surface area contributed by atoms with E-state index in [-0.39, 0.29) is 0 Å². The Morgan fingerprint density at radius 3 is 2.59 bits per heavy atom. The van der Waals surface area contributed by atoms with E-state index in [1.807, 2.05) is 37.3 Å². The molecule has 2 N–H and O–H groups in total. The standard InChI is InChI=1S/C13H19NO3/c1-3-11(15)12(13(16)17-2)14-9-10-7-5-4-6-8-10/h4-8,11-12,14-15H,3,9H2,1-2H3. The normalized spacial score (nSPS) is 14.1. The van der Waals surface area contributed by atoms with E-state index in [1.165, 1.54) is 7.11 Å². The van der Waals surface area contributed by atoms with E-state index in [2.05, 4.69) is 10.1 Å². The quantitative estimate of drug-likeness (QED) is 0.727. The molecular weight excluding hydrogens is 218 g/mol. The van der Waals surface area contributed by atoms with Crippen molar-refractivity contribution < 1.29 is 14.6 Å². The Hall–Kier alpha value is -1.39. The summed E-state index contributed by atoms with van der Waals surface area (Å²) in [4.78, 5) is 11.5. The summed E-state index contributed by atoms with van der Waals surface area (Å²) in [5.74, 6) is -0.435. The van der Waals surface area contributed by atoms with Crippen LogP contribution in [0.3, 0.4) is 0 Å². The van der Waals surface area contributed by atoms with Crippen molar-refractivity contribution in [3.05, 3.63) is 35.9 Å². The van der Waals surface area contributed by atoms with E-state index in [4.69, 9.17) is 0 Å². The van der Waals surface area contributed by atoms with Crippen LogP contribution in [0.1, 0.15) is 18.9 Å². The molecule has 4 heteroatoms. The van der Waals surface area contributed by atoms with Gasteiger partial charge in [-0.15, -0.1) is 0 Å². The number of methoxy groups -OCH3 is 1. The fourth-order valence-electron chi connectivity index (χ4n) is 1.56. The molecule has 94 valence electrons. The molecule has 4 nitrogen and oxygen atoms in total. The van der Waals surface area contributed by atoms with E-state index in [0.29, 0.717) is 13.0 Å². The number of carbonyl (C=O) groups is 1. The predicted molar refractivity (Wildman–Crippen MR) is 65.4 cm³/mol. The Labute approximate surface area is 102 Å². The van der Waals surface area contributed by atoms with Crippen LogP contribution in [0.4, 0.5) is 0 Å². The molecule has 0 fully saturated rings. The van der Waals surface area contributed by atoms with Crippen LogP contribution in [-0.4, -0.2) is 30.3 Å². The van der Waals surface area contributed by atoms with Gasteiger partial charge >= 0.3 is 5.97 Å². The zero-order chi connectivity index (χ0) is 12.7. The lowest BCUT2D eigenvalue weighted by Crippen LogP contribution is -2.46. The van der Waals surface area contributed by atoms with Gasteiger partial charge in [-0.3, -0.25) is 10.1 Å². The number of ether oxygens (including phenoxy) is 1. The number of esters is 1. The molecule has 1 aromatic rings. The lowest BCUT2D eigenvalue weighted by Gasteiger charge is -2.20. The van der Waals surface area contributed by atoms with Crippen molar-refractivity contribution in [2.24, 2.45) is 0 Å². The molecule has 0 aliphatic heterocycles. The number of carbonyl (C=O) groups excluding carboxylic acids is 1. The van der Waals surface area contributed by atoms with Crippen LogP contribution >= 0.6 is 0 Å². The van der Waals surface area contributed by atoms with Gasteiger partial charge in [-0.1, -0.05) is 37.3 Å². The van der Waals surface area contributed by atoms with Crippen LogP contribution in [0.5, 0.6) is 0 Å². The highest BCUT2D eigenvalue weighted by atomic mass is 16.5. The van der Waals surface area contributed by atoms with Crippen LogP contribution in [-0.2, 0) is 16.1 Å². The first-order chi connectivity index (χ1) is 8.19. The Balaban J connectivity index is 2.58. The van der Waals surface area contributed by atoms with Crippen molar-refractivity contribution >= 4 is 5.97 Å². The highest BCUT2D eigenvalue weighted by molar-refractivity contribution is 5.76. The molecule has 0 saturated heterocycles. The van der Waals surface area contributed by atoms with E-state index in [1.54, 1.807) is 0 Å².